The topological polar surface area (TPSA) is 15.9 Å². The van der Waals surface area contributed by atoms with Crippen LogP contribution in [0.3, 0.4) is 0 Å². The van der Waals surface area contributed by atoms with Crippen LogP contribution in [0.2, 0.25) is 0 Å². The van der Waals surface area contributed by atoms with Gasteiger partial charge in [0, 0.05) is 5.38 Å². The molecule has 0 fully saturated rings. The number of benzene rings is 2. The van der Waals surface area contributed by atoms with Gasteiger partial charge in [0.2, 0.25) is 0 Å². The number of thiazole rings is 1. The molecule has 1 N–H and O–H groups in total. The van der Waals surface area contributed by atoms with Crippen molar-refractivity contribution >= 4 is 22.2 Å². The molecular weight excluding hydrogens is 368 g/mol. The lowest BCUT2D eigenvalue weighted by Gasteiger charge is -2.07. The zero-order valence-electron chi connectivity index (χ0n) is 13.6. The Balaban J connectivity index is 0.00000192. The van der Waals surface area contributed by atoms with Crippen LogP contribution in [-0.4, -0.2) is 0 Å². The molecular formula is C19H21BrN2S. The maximum absolute atomic E-state index is 3.60. The molecule has 0 saturated heterocycles. The Kier molecular flexibility index (Phi) is 5.97. The second kappa shape index (κ2) is 7.75. The Hall–Kier alpha value is -1.65. The fourth-order valence-corrected chi connectivity index (χ4v) is 3.40. The third-order valence-electron chi connectivity index (χ3n) is 4.04. The quantitative estimate of drug-likeness (QED) is 0.673. The number of hydrogen-bond donors (Lipinski definition) is 1. The first-order chi connectivity index (χ1) is 10.6. The Morgan fingerprint density at radius 1 is 0.957 bits per heavy atom. The molecule has 23 heavy (non-hydrogen) atoms. The second-order valence-corrected chi connectivity index (χ2v) is 6.48. The number of nitrogens with zero attached hydrogens (tertiary/aromatic N) is 1. The zero-order chi connectivity index (χ0) is 15.5. The fourth-order valence-electron chi connectivity index (χ4n) is 2.49. The van der Waals surface area contributed by atoms with Gasteiger partial charge < -0.3 is 17.0 Å². The van der Waals surface area contributed by atoms with E-state index >= 15 is 0 Å². The van der Waals surface area contributed by atoms with Crippen LogP contribution in [0.25, 0.3) is 0 Å². The van der Waals surface area contributed by atoms with Gasteiger partial charge in [-0.3, -0.25) is 0 Å². The highest BCUT2D eigenvalue weighted by Crippen LogP contribution is 2.24. The molecule has 1 heterocycles. The van der Waals surface area contributed by atoms with E-state index in [-0.39, 0.29) is 17.0 Å². The molecule has 0 aliphatic carbocycles. The van der Waals surface area contributed by atoms with Gasteiger partial charge in [-0.25, -0.2) is 9.88 Å². The highest BCUT2D eigenvalue weighted by Gasteiger charge is 2.17. The van der Waals surface area contributed by atoms with Crippen molar-refractivity contribution in [1.82, 2.24) is 0 Å². The van der Waals surface area contributed by atoms with Crippen LogP contribution in [0, 0.1) is 20.8 Å². The number of nitrogens with one attached hydrogen (secondary N) is 1. The number of hydrogen-bond acceptors (Lipinski definition) is 2. The van der Waals surface area contributed by atoms with Gasteiger partial charge in [0.05, 0.1) is 0 Å². The van der Waals surface area contributed by atoms with Crippen LogP contribution in [0.5, 0.6) is 0 Å². The number of anilines is 2. The molecule has 2 nitrogen and oxygen atoms in total. The number of rotatable bonds is 4. The first-order valence-electron chi connectivity index (χ1n) is 7.50. The minimum absolute atomic E-state index is 0. The minimum atomic E-state index is 0. The minimum Gasteiger partial charge on any atom is -1.00 e. The average Bonchev–Trinajstić information content (AvgIpc) is 2.86. The lowest BCUT2D eigenvalue weighted by Crippen LogP contribution is -3.00. The summed E-state index contributed by atoms with van der Waals surface area (Å²) < 4.78 is 2.34. The van der Waals surface area contributed by atoms with E-state index in [4.69, 9.17) is 0 Å². The Morgan fingerprint density at radius 3 is 2.43 bits per heavy atom. The van der Waals surface area contributed by atoms with Gasteiger partial charge in [0.15, 0.2) is 0 Å². The van der Waals surface area contributed by atoms with E-state index in [0.29, 0.717) is 0 Å². The highest BCUT2D eigenvalue weighted by atomic mass is 79.9. The first kappa shape index (κ1) is 17.7. The van der Waals surface area contributed by atoms with Crippen molar-refractivity contribution in [3.05, 3.63) is 76.3 Å². The van der Waals surface area contributed by atoms with Crippen molar-refractivity contribution < 1.29 is 21.5 Å². The van der Waals surface area contributed by atoms with E-state index in [2.05, 4.69) is 84.6 Å². The third kappa shape index (κ3) is 4.01. The van der Waals surface area contributed by atoms with Crippen molar-refractivity contribution in [2.75, 3.05) is 5.32 Å². The molecule has 3 aromatic rings. The molecule has 0 atom stereocenters. The van der Waals surface area contributed by atoms with E-state index in [0.717, 1.165) is 6.54 Å². The largest absolute Gasteiger partial charge is 1.00 e. The Labute approximate surface area is 152 Å². The van der Waals surface area contributed by atoms with Crippen LogP contribution in [-0.2, 0) is 6.54 Å². The van der Waals surface area contributed by atoms with Gasteiger partial charge in [-0.2, -0.15) is 0 Å². The first-order valence-corrected chi connectivity index (χ1v) is 8.38. The van der Waals surface area contributed by atoms with Crippen LogP contribution in [0.1, 0.15) is 22.4 Å². The van der Waals surface area contributed by atoms with Crippen molar-refractivity contribution in [2.45, 2.75) is 27.3 Å². The predicted octanol–water partition coefficient (Wildman–Crippen LogP) is 1.76. The molecule has 0 aliphatic heterocycles. The molecule has 2 aromatic carbocycles. The van der Waals surface area contributed by atoms with E-state index in [1.807, 2.05) is 0 Å². The number of aromatic nitrogens is 1. The van der Waals surface area contributed by atoms with Crippen LogP contribution in [0.15, 0.2) is 53.9 Å². The summed E-state index contributed by atoms with van der Waals surface area (Å²) in [7, 11) is 0. The van der Waals surface area contributed by atoms with Crippen molar-refractivity contribution in [2.24, 2.45) is 0 Å². The van der Waals surface area contributed by atoms with Gasteiger partial charge in [0.25, 0.3) is 0 Å². The summed E-state index contributed by atoms with van der Waals surface area (Å²) in [5, 5.41) is 6.98. The molecule has 0 unspecified atom stereocenters. The zero-order valence-corrected chi connectivity index (χ0v) is 16.0. The summed E-state index contributed by atoms with van der Waals surface area (Å²) in [4.78, 5) is 0. The van der Waals surface area contributed by atoms with E-state index in [1.165, 1.54) is 33.2 Å². The predicted molar refractivity (Wildman–Crippen MR) is 94.0 cm³/mol. The van der Waals surface area contributed by atoms with Crippen LogP contribution >= 0.6 is 11.3 Å². The summed E-state index contributed by atoms with van der Waals surface area (Å²) in [5.74, 6) is 0. The summed E-state index contributed by atoms with van der Waals surface area (Å²) >= 11 is 1.76. The summed E-state index contributed by atoms with van der Waals surface area (Å²) in [6.07, 6.45) is 0. The van der Waals surface area contributed by atoms with E-state index in [9.17, 15) is 0 Å². The van der Waals surface area contributed by atoms with Crippen LogP contribution < -0.4 is 26.9 Å². The van der Waals surface area contributed by atoms with Crippen molar-refractivity contribution in [1.29, 1.82) is 0 Å². The lowest BCUT2D eigenvalue weighted by atomic mass is 10.1. The Bertz CT molecular complexity index is 781. The summed E-state index contributed by atoms with van der Waals surface area (Å²) in [5.41, 5.74) is 6.40. The second-order valence-electron chi connectivity index (χ2n) is 5.63. The van der Waals surface area contributed by atoms with Gasteiger partial charge in [-0.1, -0.05) is 53.8 Å². The number of halogens is 1. The molecule has 3 rings (SSSR count). The number of aryl methyl sites for hydroxylation is 2. The molecule has 0 saturated carbocycles. The molecule has 0 radical (unpaired) electrons. The molecule has 120 valence electrons. The van der Waals surface area contributed by atoms with Gasteiger partial charge in [-0.05, 0) is 43.5 Å². The summed E-state index contributed by atoms with van der Waals surface area (Å²) in [6, 6.07) is 17.0. The van der Waals surface area contributed by atoms with Gasteiger partial charge >= 0.3 is 5.13 Å². The third-order valence-corrected chi connectivity index (χ3v) is 5.05. The maximum Gasteiger partial charge on any atom is 0.339 e. The normalized spacial score (nSPS) is 10.2. The average molecular weight is 389 g/mol. The van der Waals surface area contributed by atoms with E-state index < -0.39 is 0 Å². The summed E-state index contributed by atoms with van der Waals surface area (Å²) in [6.45, 7) is 7.37. The standard InChI is InChI=1S/C19H20N2S.BrH/c1-14-8-7-11-18(16(14)3)20-19-21(15(2)13-22-19)12-17-9-5-4-6-10-17;/h4-11,13H,12H2,1-3H3;1H. The fraction of sp³-hybridized carbons (Fsp3) is 0.211. The lowest BCUT2D eigenvalue weighted by molar-refractivity contribution is -0.676. The maximum atomic E-state index is 3.60. The molecule has 0 spiro atoms. The monoisotopic (exact) mass is 388 g/mol. The highest BCUT2D eigenvalue weighted by molar-refractivity contribution is 7.13. The Morgan fingerprint density at radius 2 is 1.70 bits per heavy atom. The molecule has 0 bridgehead atoms. The van der Waals surface area contributed by atoms with E-state index in [1.54, 1.807) is 11.3 Å². The van der Waals surface area contributed by atoms with Crippen LogP contribution in [0.4, 0.5) is 10.8 Å². The molecule has 1 aromatic heterocycles. The smallest absolute Gasteiger partial charge is 0.339 e. The van der Waals surface area contributed by atoms with Gasteiger partial charge in [0.1, 0.15) is 17.9 Å². The molecule has 0 aliphatic rings. The SMILES string of the molecule is Cc1cccc(Nc2scc(C)[n+]2Cc2ccccc2)c1C.[Br-]. The molecule has 4 heteroatoms. The van der Waals surface area contributed by atoms with Crippen molar-refractivity contribution in [3.8, 4) is 0 Å². The van der Waals surface area contributed by atoms with Crippen molar-refractivity contribution in [3.63, 3.8) is 0 Å². The van der Waals surface area contributed by atoms with Gasteiger partial charge in [-0.15, -0.1) is 0 Å². The molecule has 0 amide bonds.